The average molecular weight is 499 g/mol. The average Bonchev–Trinajstić information content (AvgIpc) is 2.94. The SMILES string of the molecule is CC[NH+](CC)C[C@H](CC[C@@H](C[NH+](CC)CC)C(=O)c1ccc(OC)cc1)C(=O)c1ccc(OC)cc1. The summed E-state index contributed by atoms with van der Waals surface area (Å²) in [7, 11) is 3.25. The normalized spacial score (nSPS) is 13.0. The molecule has 36 heavy (non-hydrogen) atoms. The molecule has 0 spiro atoms. The van der Waals surface area contributed by atoms with Gasteiger partial charge in [-0.25, -0.2) is 0 Å². The van der Waals surface area contributed by atoms with E-state index in [2.05, 4.69) is 27.7 Å². The zero-order valence-electron chi connectivity index (χ0n) is 23.1. The summed E-state index contributed by atoms with van der Waals surface area (Å²) in [6, 6.07) is 14.8. The van der Waals surface area contributed by atoms with Crippen LogP contribution in [0.25, 0.3) is 0 Å². The largest absolute Gasteiger partial charge is 0.497 e. The Bertz CT molecular complexity index is 841. The first-order chi connectivity index (χ1) is 17.4. The van der Waals surface area contributed by atoms with E-state index in [4.69, 9.17) is 9.47 Å². The first-order valence-electron chi connectivity index (χ1n) is 13.4. The van der Waals surface area contributed by atoms with Crippen molar-refractivity contribution < 1.29 is 28.9 Å². The highest BCUT2D eigenvalue weighted by Gasteiger charge is 2.30. The molecule has 0 radical (unpaired) electrons. The van der Waals surface area contributed by atoms with Gasteiger partial charge in [0.05, 0.1) is 65.3 Å². The van der Waals surface area contributed by atoms with Gasteiger partial charge in [-0.2, -0.15) is 0 Å². The molecule has 0 saturated carbocycles. The van der Waals surface area contributed by atoms with Crippen LogP contribution in [0, 0.1) is 11.8 Å². The highest BCUT2D eigenvalue weighted by atomic mass is 16.5. The lowest BCUT2D eigenvalue weighted by Gasteiger charge is -2.26. The highest BCUT2D eigenvalue weighted by Crippen LogP contribution is 2.22. The van der Waals surface area contributed by atoms with Gasteiger partial charge in [0.2, 0.25) is 0 Å². The lowest BCUT2D eigenvalue weighted by Crippen LogP contribution is -3.12. The van der Waals surface area contributed by atoms with E-state index in [-0.39, 0.29) is 23.4 Å². The van der Waals surface area contributed by atoms with Crippen LogP contribution in [0.1, 0.15) is 61.3 Å². The van der Waals surface area contributed by atoms with Crippen molar-refractivity contribution in [2.75, 3.05) is 53.5 Å². The Morgan fingerprint density at radius 3 is 1.17 bits per heavy atom. The second-order valence-electron chi connectivity index (χ2n) is 9.48. The number of nitrogens with one attached hydrogen (secondary N) is 2. The monoisotopic (exact) mass is 498 g/mol. The van der Waals surface area contributed by atoms with Gasteiger partial charge < -0.3 is 19.3 Å². The summed E-state index contributed by atoms with van der Waals surface area (Å²) in [6.07, 6.45) is 1.39. The van der Waals surface area contributed by atoms with Crippen LogP contribution in [0.3, 0.4) is 0 Å². The minimum atomic E-state index is -0.133. The Kier molecular flexibility index (Phi) is 12.6. The van der Waals surface area contributed by atoms with Gasteiger partial charge in [-0.15, -0.1) is 0 Å². The van der Waals surface area contributed by atoms with Gasteiger partial charge in [-0.3, -0.25) is 9.59 Å². The van der Waals surface area contributed by atoms with Gasteiger partial charge in [0.15, 0.2) is 11.6 Å². The fourth-order valence-electron chi connectivity index (χ4n) is 4.81. The highest BCUT2D eigenvalue weighted by molar-refractivity contribution is 5.99. The molecule has 0 aliphatic heterocycles. The van der Waals surface area contributed by atoms with Crippen molar-refractivity contribution >= 4 is 11.6 Å². The quantitative estimate of drug-likeness (QED) is 0.329. The molecule has 6 heteroatoms. The van der Waals surface area contributed by atoms with Crippen molar-refractivity contribution in [2.24, 2.45) is 11.8 Å². The third kappa shape index (κ3) is 8.45. The van der Waals surface area contributed by atoms with Crippen LogP contribution in [-0.4, -0.2) is 65.1 Å². The van der Waals surface area contributed by atoms with Gasteiger partial charge >= 0.3 is 0 Å². The van der Waals surface area contributed by atoms with Crippen LogP contribution in [-0.2, 0) is 0 Å². The molecule has 2 aromatic carbocycles. The number of hydrogen-bond acceptors (Lipinski definition) is 4. The van der Waals surface area contributed by atoms with Crippen molar-refractivity contribution in [1.29, 1.82) is 0 Å². The topological polar surface area (TPSA) is 61.5 Å². The zero-order chi connectivity index (χ0) is 26.5. The number of ether oxygens (including phenoxy) is 2. The molecule has 0 heterocycles. The molecule has 2 atom stereocenters. The third-order valence-electron chi connectivity index (χ3n) is 7.42. The molecule has 2 N–H and O–H groups in total. The van der Waals surface area contributed by atoms with Crippen molar-refractivity contribution in [1.82, 2.24) is 0 Å². The standard InChI is InChI=1S/C30H44N2O4/c1-7-31(8-2)21-25(29(33)23-13-17-27(35-5)18-14-23)11-12-26(22-32(9-3)10-4)30(34)24-15-19-28(36-6)20-16-24/h13-20,25-26H,7-12,21-22H2,1-6H3/p+2/t25-,26-/m0/s1. The molecular weight excluding hydrogens is 452 g/mol. The number of carbonyl (C=O) groups excluding carboxylic acids is 2. The van der Waals surface area contributed by atoms with Crippen LogP contribution in [0.4, 0.5) is 0 Å². The molecule has 2 aromatic rings. The Balaban J connectivity index is 2.27. The second-order valence-corrected chi connectivity index (χ2v) is 9.48. The molecule has 0 aromatic heterocycles. The summed E-state index contributed by atoms with van der Waals surface area (Å²) < 4.78 is 10.5. The van der Waals surface area contributed by atoms with Gasteiger partial charge in [0.1, 0.15) is 11.5 Å². The number of carbonyl (C=O) groups is 2. The molecule has 0 fully saturated rings. The van der Waals surface area contributed by atoms with Crippen LogP contribution >= 0.6 is 0 Å². The third-order valence-corrected chi connectivity index (χ3v) is 7.42. The van der Waals surface area contributed by atoms with Crippen LogP contribution in [0.5, 0.6) is 11.5 Å². The van der Waals surface area contributed by atoms with E-state index < -0.39 is 0 Å². The maximum absolute atomic E-state index is 13.6. The van der Waals surface area contributed by atoms with E-state index in [0.717, 1.165) is 50.8 Å². The number of hydrogen-bond donors (Lipinski definition) is 2. The lowest BCUT2D eigenvalue weighted by atomic mass is 9.86. The summed E-state index contributed by atoms with van der Waals surface area (Å²) in [5.74, 6) is 1.53. The van der Waals surface area contributed by atoms with Gasteiger partial charge in [0.25, 0.3) is 0 Å². The number of benzene rings is 2. The maximum Gasteiger partial charge on any atom is 0.171 e. The van der Waals surface area contributed by atoms with Gasteiger partial charge in [0, 0.05) is 11.1 Å². The van der Waals surface area contributed by atoms with Crippen LogP contribution in [0.15, 0.2) is 48.5 Å². The Morgan fingerprint density at radius 1 is 0.611 bits per heavy atom. The summed E-state index contributed by atoms with van der Waals surface area (Å²) >= 11 is 0. The number of quaternary nitrogens is 2. The fourth-order valence-corrected chi connectivity index (χ4v) is 4.81. The summed E-state index contributed by atoms with van der Waals surface area (Å²) in [4.78, 5) is 30.0. The van der Waals surface area contributed by atoms with Crippen molar-refractivity contribution in [2.45, 2.75) is 40.5 Å². The van der Waals surface area contributed by atoms with E-state index >= 15 is 0 Å². The summed E-state index contributed by atoms with van der Waals surface area (Å²) in [6.45, 7) is 14.1. The predicted octanol–water partition coefficient (Wildman–Crippen LogP) is 2.63. The second kappa shape index (κ2) is 15.4. The van der Waals surface area contributed by atoms with E-state index in [1.807, 2.05) is 48.5 Å². The Morgan fingerprint density at radius 2 is 0.917 bits per heavy atom. The molecule has 2 rings (SSSR count). The molecule has 0 amide bonds. The number of Topliss-reactive ketones (excluding diaryl/α,β-unsaturated/α-hetero) is 2. The van der Waals surface area contributed by atoms with Crippen LogP contribution in [0.2, 0.25) is 0 Å². The van der Waals surface area contributed by atoms with Crippen LogP contribution < -0.4 is 19.3 Å². The van der Waals surface area contributed by atoms with Crippen molar-refractivity contribution in [3.8, 4) is 11.5 Å². The minimum Gasteiger partial charge on any atom is -0.497 e. The first-order valence-corrected chi connectivity index (χ1v) is 13.4. The fraction of sp³-hybridized carbons (Fsp3) is 0.533. The summed E-state index contributed by atoms with van der Waals surface area (Å²) in [5.41, 5.74) is 1.42. The molecule has 0 aliphatic carbocycles. The first kappa shape index (κ1) is 29.5. The minimum absolute atomic E-state index is 0.133. The predicted molar refractivity (Wildman–Crippen MR) is 145 cm³/mol. The van der Waals surface area contributed by atoms with Gasteiger partial charge in [-0.1, -0.05) is 0 Å². The molecule has 0 aliphatic rings. The molecule has 198 valence electrons. The van der Waals surface area contributed by atoms with Gasteiger partial charge in [-0.05, 0) is 89.1 Å². The molecule has 6 nitrogen and oxygen atoms in total. The van der Waals surface area contributed by atoms with E-state index in [1.165, 1.54) is 9.80 Å². The molecule has 0 unspecified atom stereocenters. The van der Waals surface area contributed by atoms with Crippen molar-refractivity contribution in [3.05, 3.63) is 59.7 Å². The molecule has 0 saturated heterocycles. The van der Waals surface area contributed by atoms with E-state index in [0.29, 0.717) is 24.0 Å². The summed E-state index contributed by atoms with van der Waals surface area (Å²) in [5, 5.41) is 0. The van der Waals surface area contributed by atoms with E-state index in [1.54, 1.807) is 14.2 Å². The molecule has 0 bridgehead atoms. The molecular formula is C30H46N2O4+2. The lowest BCUT2D eigenvalue weighted by molar-refractivity contribution is -0.899. The number of methoxy groups -OCH3 is 2. The number of ketones is 2. The number of rotatable bonds is 17. The van der Waals surface area contributed by atoms with Crippen molar-refractivity contribution in [3.63, 3.8) is 0 Å². The van der Waals surface area contributed by atoms with E-state index in [9.17, 15) is 9.59 Å². The smallest absolute Gasteiger partial charge is 0.171 e. The maximum atomic E-state index is 13.6. The Hall–Kier alpha value is -2.70. The Labute approximate surface area is 217 Å². The zero-order valence-corrected chi connectivity index (χ0v) is 23.1.